The Morgan fingerprint density at radius 2 is 1.77 bits per heavy atom. The van der Waals surface area contributed by atoms with E-state index in [2.05, 4.69) is 40.8 Å². The first-order valence-electron chi connectivity index (χ1n) is 5.04. The van der Waals surface area contributed by atoms with Crippen LogP contribution in [0.25, 0.3) is 0 Å². The molecule has 1 unspecified atom stereocenters. The summed E-state index contributed by atoms with van der Waals surface area (Å²) in [5.74, 6) is 0.481. The maximum atomic E-state index is 6.01. The highest BCUT2D eigenvalue weighted by molar-refractivity contribution is 6.74. The quantitative estimate of drug-likeness (QED) is 0.713. The van der Waals surface area contributed by atoms with Crippen LogP contribution in [0.5, 0.6) is 0 Å². The van der Waals surface area contributed by atoms with E-state index in [9.17, 15) is 0 Å². The van der Waals surface area contributed by atoms with Crippen molar-refractivity contribution in [2.24, 2.45) is 11.7 Å². The molecule has 0 fully saturated rings. The van der Waals surface area contributed by atoms with E-state index in [1.165, 1.54) is 0 Å². The van der Waals surface area contributed by atoms with Gasteiger partial charge in [0.1, 0.15) is 0 Å². The highest BCUT2D eigenvalue weighted by Gasteiger charge is 2.37. The van der Waals surface area contributed by atoms with Gasteiger partial charge in [0.25, 0.3) is 0 Å². The lowest BCUT2D eigenvalue weighted by Gasteiger charge is -2.36. The fraction of sp³-hybridized carbons (Fsp3) is 1.00. The summed E-state index contributed by atoms with van der Waals surface area (Å²) in [5.41, 5.74) is 5.55. The summed E-state index contributed by atoms with van der Waals surface area (Å²) in [4.78, 5) is 0. The predicted molar refractivity (Wildman–Crippen MR) is 61.4 cm³/mol. The van der Waals surface area contributed by atoms with E-state index >= 15 is 0 Å². The second-order valence-electron chi connectivity index (χ2n) is 5.41. The van der Waals surface area contributed by atoms with Gasteiger partial charge in [-0.2, -0.15) is 0 Å². The van der Waals surface area contributed by atoms with Crippen LogP contribution in [0, 0.1) is 5.92 Å². The van der Waals surface area contributed by atoms with Gasteiger partial charge in [-0.05, 0) is 30.6 Å². The van der Waals surface area contributed by atoms with Crippen LogP contribution in [0.15, 0.2) is 0 Å². The summed E-state index contributed by atoms with van der Waals surface area (Å²) in [6.07, 6.45) is 0. The molecule has 0 amide bonds. The molecular weight excluding hydrogens is 178 g/mol. The van der Waals surface area contributed by atoms with Gasteiger partial charge in [0.05, 0.1) is 0 Å². The van der Waals surface area contributed by atoms with Gasteiger partial charge in [-0.1, -0.05) is 27.7 Å². The monoisotopic (exact) mass is 203 g/mol. The van der Waals surface area contributed by atoms with Gasteiger partial charge >= 0.3 is 0 Å². The van der Waals surface area contributed by atoms with E-state index in [0.717, 1.165) is 6.61 Å². The van der Waals surface area contributed by atoms with Crippen molar-refractivity contribution >= 4 is 8.32 Å². The normalized spacial score (nSPS) is 15.9. The molecule has 0 aliphatic rings. The molecule has 0 aromatic carbocycles. The zero-order chi connectivity index (χ0) is 10.7. The second kappa shape index (κ2) is 4.58. The summed E-state index contributed by atoms with van der Waals surface area (Å²) < 4.78 is 6.01. The largest absolute Gasteiger partial charge is 0.417 e. The summed E-state index contributed by atoms with van der Waals surface area (Å²) in [7, 11) is -1.54. The maximum absolute atomic E-state index is 6.01. The third kappa shape index (κ3) is 4.25. The highest BCUT2D eigenvalue weighted by Crippen LogP contribution is 2.36. The Hall–Kier alpha value is 0.137. The highest BCUT2D eigenvalue weighted by atomic mass is 28.4. The third-order valence-corrected chi connectivity index (χ3v) is 7.44. The van der Waals surface area contributed by atoms with Crippen molar-refractivity contribution in [3.8, 4) is 0 Å². The van der Waals surface area contributed by atoms with E-state index in [-0.39, 0.29) is 0 Å². The van der Waals surface area contributed by atoms with Crippen LogP contribution in [0.3, 0.4) is 0 Å². The van der Waals surface area contributed by atoms with Gasteiger partial charge < -0.3 is 10.2 Å². The van der Waals surface area contributed by atoms with Crippen LogP contribution in [0.4, 0.5) is 0 Å². The molecule has 0 aromatic heterocycles. The molecule has 2 nitrogen and oxygen atoms in total. The minimum Gasteiger partial charge on any atom is -0.417 e. The van der Waals surface area contributed by atoms with Crippen LogP contribution in [0.2, 0.25) is 18.1 Å². The van der Waals surface area contributed by atoms with Crippen LogP contribution in [0.1, 0.15) is 27.7 Å². The first-order chi connectivity index (χ1) is 5.70. The molecule has 0 aliphatic heterocycles. The van der Waals surface area contributed by atoms with E-state index in [1.807, 2.05) is 0 Å². The molecule has 0 saturated heterocycles. The maximum Gasteiger partial charge on any atom is 0.191 e. The molecule has 0 aromatic rings. The third-order valence-electron chi connectivity index (χ3n) is 2.94. The van der Waals surface area contributed by atoms with Gasteiger partial charge in [-0.3, -0.25) is 0 Å². The standard InChI is InChI=1S/C10H25NOSi/c1-9(7-11)8-12-13(5,6)10(2,3)4/h9H,7-8,11H2,1-6H3. The Morgan fingerprint density at radius 3 is 2.08 bits per heavy atom. The molecule has 0 spiro atoms. The molecular formula is C10H25NOSi. The van der Waals surface area contributed by atoms with Crippen molar-refractivity contribution < 1.29 is 4.43 Å². The van der Waals surface area contributed by atoms with Crippen molar-refractivity contribution in [2.45, 2.75) is 45.8 Å². The van der Waals surface area contributed by atoms with Crippen LogP contribution >= 0.6 is 0 Å². The Labute approximate surface area is 84.0 Å². The first kappa shape index (κ1) is 13.1. The lowest BCUT2D eigenvalue weighted by Crippen LogP contribution is -2.42. The summed E-state index contributed by atoms with van der Waals surface area (Å²) >= 11 is 0. The summed E-state index contributed by atoms with van der Waals surface area (Å²) in [5, 5.41) is 0.307. The number of hydrogen-bond acceptors (Lipinski definition) is 2. The van der Waals surface area contributed by atoms with Gasteiger partial charge in [-0.15, -0.1) is 0 Å². The van der Waals surface area contributed by atoms with Crippen molar-refractivity contribution in [3.05, 3.63) is 0 Å². The van der Waals surface area contributed by atoms with Gasteiger partial charge in [-0.25, -0.2) is 0 Å². The molecule has 2 N–H and O–H groups in total. The zero-order valence-electron chi connectivity index (χ0n) is 9.98. The average Bonchev–Trinajstić information content (AvgIpc) is 1.98. The van der Waals surface area contributed by atoms with Crippen molar-refractivity contribution in [2.75, 3.05) is 13.2 Å². The summed E-state index contributed by atoms with van der Waals surface area (Å²) in [6, 6.07) is 0. The molecule has 3 heteroatoms. The fourth-order valence-corrected chi connectivity index (χ4v) is 1.77. The minimum atomic E-state index is -1.54. The average molecular weight is 203 g/mol. The SMILES string of the molecule is CC(CN)CO[Si](C)(C)C(C)(C)C. The number of nitrogens with two attached hydrogens (primary N) is 1. The van der Waals surface area contributed by atoms with Crippen molar-refractivity contribution in [1.82, 2.24) is 0 Å². The first-order valence-corrected chi connectivity index (χ1v) is 7.95. The smallest absolute Gasteiger partial charge is 0.191 e. The predicted octanol–water partition coefficient (Wildman–Crippen LogP) is 2.60. The Kier molecular flexibility index (Phi) is 4.62. The minimum absolute atomic E-state index is 0.307. The van der Waals surface area contributed by atoms with Crippen molar-refractivity contribution in [1.29, 1.82) is 0 Å². The van der Waals surface area contributed by atoms with Crippen LogP contribution < -0.4 is 5.73 Å². The fourth-order valence-electron chi connectivity index (χ4n) is 0.635. The van der Waals surface area contributed by atoms with Gasteiger partial charge in [0.15, 0.2) is 8.32 Å². The molecule has 1 atom stereocenters. The second-order valence-corrected chi connectivity index (χ2v) is 10.2. The summed E-state index contributed by atoms with van der Waals surface area (Å²) in [6.45, 7) is 15.0. The lowest BCUT2D eigenvalue weighted by atomic mass is 10.2. The number of hydrogen-bond donors (Lipinski definition) is 1. The molecule has 0 bridgehead atoms. The Bertz CT molecular complexity index is 151. The van der Waals surface area contributed by atoms with Crippen molar-refractivity contribution in [3.63, 3.8) is 0 Å². The molecule has 80 valence electrons. The Morgan fingerprint density at radius 1 is 1.31 bits per heavy atom. The lowest BCUT2D eigenvalue weighted by molar-refractivity contribution is 0.241. The topological polar surface area (TPSA) is 35.2 Å². The molecule has 0 radical (unpaired) electrons. The van der Waals surface area contributed by atoms with E-state index in [4.69, 9.17) is 10.2 Å². The zero-order valence-corrected chi connectivity index (χ0v) is 11.0. The van der Waals surface area contributed by atoms with E-state index < -0.39 is 8.32 Å². The molecule has 13 heavy (non-hydrogen) atoms. The van der Waals surface area contributed by atoms with E-state index in [0.29, 0.717) is 17.5 Å². The number of rotatable bonds is 4. The van der Waals surface area contributed by atoms with Gasteiger partial charge in [0, 0.05) is 6.61 Å². The molecule has 0 saturated carbocycles. The Balaban J connectivity index is 4.04. The molecule has 0 rings (SSSR count). The van der Waals surface area contributed by atoms with Crippen LogP contribution in [-0.2, 0) is 4.43 Å². The van der Waals surface area contributed by atoms with E-state index in [1.54, 1.807) is 0 Å². The van der Waals surface area contributed by atoms with Gasteiger partial charge in [0.2, 0.25) is 0 Å². The molecule has 0 heterocycles. The van der Waals surface area contributed by atoms with Crippen LogP contribution in [-0.4, -0.2) is 21.5 Å². The molecule has 0 aliphatic carbocycles.